The molecule has 7 nitrogen and oxygen atoms in total. The maximum atomic E-state index is 13.2. The lowest BCUT2D eigenvalue weighted by molar-refractivity contribution is -0.134. The Kier molecular flexibility index (Phi) is 4.94. The molecular weight excluding hydrogens is 418 g/mol. The van der Waals surface area contributed by atoms with Crippen molar-refractivity contribution in [3.05, 3.63) is 90.7 Å². The molecule has 2 N–H and O–H groups in total. The van der Waals surface area contributed by atoms with Crippen LogP contribution < -0.4 is 10.6 Å². The van der Waals surface area contributed by atoms with E-state index in [1.165, 1.54) is 0 Å². The molecule has 3 aromatic carbocycles. The lowest BCUT2D eigenvalue weighted by Crippen LogP contribution is -2.41. The monoisotopic (exact) mass is 439 g/mol. The van der Waals surface area contributed by atoms with E-state index in [9.17, 15) is 14.4 Å². The average molecular weight is 439 g/mol. The number of rotatable bonds is 5. The topological polar surface area (TPSA) is 91.7 Å². The SMILES string of the molecule is C[C@@]1(c2cc3ccccc3o2)NC(=O)N(CC(=O)Nc2ccccc2-c2ccccc2)C1=O. The Balaban J connectivity index is 1.36. The van der Waals surface area contributed by atoms with Gasteiger partial charge < -0.3 is 15.1 Å². The van der Waals surface area contributed by atoms with Crippen molar-refractivity contribution in [1.82, 2.24) is 10.2 Å². The number of hydrogen-bond donors (Lipinski definition) is 2. The van der Waals surface area contributed by atoms with Crippen LogP contribution in [-0.4, -0.2) is 29.3 Å². The number of carbonyl (C=O) groups is 3. The normalized spacial score (nSPS) is 17.9. The summed E-state index contributed by atoms with van der Waals surface area (Å²) >= 11 is 0. The summed E-state index contributed by atoms with van der Waals surface area (Å²) < 4.78 is 5.82. The summed E-state index contributed by atoms with van der Waals surface area (Å²) in [6, 6.07) is 25.5. The Morgan fingerprint density at radius 3 is 2.45 bits per heavy atom. The summed E-state index contributed by atoms with van der Waals surface area (Å²) in [5.41, 5.74) is 1.61. The van der Waals surface area contributed by atoms with Crippen molar-refractivity contribution in [2.45, 2.75) is 12.5 Å². The number of amides is 4. The molecule has 4 aromatic rings. The van der Waals surface area contributed by atoms with Gasteiger partial charge in [0.2, 0.25) is 5.91 Å². The van der Waals surface area contributed by atoms with Crippen molar-refractivity contribution in [3.63, 3.8) is 0 Å². The molecule has 0 bridgehead atoms. The lowest BCUT2D eigenvalue weighted by atomic mass is 9.99. The van der Waals surface area contributed by atoms with Gasteiger partial charge in [-0.1, -0.05) is 66.7 Å². The van der Waals surface area contributed by atoms with Crippen molar-refractivity contribution in [3.8, 4) is 11.1 Å². The number of furan rings is 1. The molecule has 2 heterocycles. The van der Waals surface area contributed by atoms with Crippen molar-refractivity contribution in [2.24, 2.45) is 0 Å². The molecule has 164 valence electrons. The first-order valence-electron chi connectivity index (χ1n) is 10.5. The minimum absolute atomic E-state index is 0.319. The first kappa shape index (κ1) is 20.5. The standard InChI is InChI=1S/C26H21N3O4/c1-26(22-15-18-11-5-8-14-21(18)33-22)24(31)29(25(32)28-26)16-23(30)27-20-13-7-6-12-19(20)17-9-3-2-4-10-17/h2-15H,16H2,1H3,(H,27,30)(H,28,32)/t26-/m0/s1. The smallest absolute Gasteiger partial charge is 0.325 e. The largest absolute Gasteiger partial charge is 0.458 e. The van der Waals surface area contributed by atoms with Gasteiger partial charge in [0.25, 0.3) is 5.91 Å². The molecule has 1 atom stereocenters. The van der Waals surface area contributed by atoms with Crippen LogP contribution in [0.4, 0.5) is 10.5 Å². The second-order valence-electron chi connectivity index (χ2n) is 8.05. The van der Waals surface area contributed by atoms with Crippen LogP contribution in [0.15, 0.2) is 89.3 Å². The van der Waals surface area contributed by atoms with Crippen LogP contribution in [-0.2, 0) is 15.1 Å². The zero-order valence-corrected chi connectivity index (χ0v) is 17.9. The van der Waals surface area contributed by atoms with Crippen molar-refractivity contribution in [1.29, 1.82) is 0 Å². The molecule has 33 heavy (non-hydrogen) atoms. The highest BCUT2D eigenvalue weighted by atomic mass is 16.3. The minimum Gasteiger partial charge on any atom is -0.458 e. The van der Waals surface area contributed by atoms with Crippen molar-refractivity contribution < 1.29 is 18.8 Å². The second kappa shape index (κ2) is 7.94. The average Bonchev–Trinajstić information content (AvgIpc) is 3.36. The molecule has 0 aliphatic carbocycles. The van der Waals surface area contributed by atoms with Gasteiger partial charge >= 0.3 is 6.03 Å². The Morgan fingerprint density at radius 2 is 1.67 bits per heavy atom. The molecule has 1 aromatic heterocycles. The van der Waals surface area contributed by atoms with Gasteiger partial charge in [-0.15, -0.1) is 0 Å². The predicted octanol–water partition coefficient (Wildman–Crippen LogP) is 4.51. The van der Waals surface area contributed by atoms with Crippen LogP contribution in [0.3, 0.4) is 0 Å². The number of imide groups is 1. The van der Waals surface area contributed by atoms with Gasteiger partial charge in [-0.3, -0.25) is 14.5 Å². The molecule has 7 heteroatoms. The third kappa shape index (κ3) is 3.63. The predicted molar refractivity (Wildman–Crippen MR) is 124 cm³/mol. The molecule has 1 aliphatic heterocycles. The van der Waals surface area contributed by atoms with E-state index in [4.69, 9.17) is 4.42 Å². The fourth-order valence-corrected chi connectivity index (χ4v) is 4.03. The Hall–Kier alpha value is -4.39. The number of urea groups is 1. The van der Waals surface area contributed by atoms with E-state index >= 15 is 0 Å². The minimum atomic E-state index is -1.39. The summed E-state index contributed by atoms with van der Waals surface area (Å²) in [5, 5.41) is 6.33. The summed E-state index contributed by atoms with van der Waals surface area (Å²) in [5.74, 6) is -0.701. The number of nitrogens with zero attached hydrogens (tertiary/aromatic N) is 1. The highest BCUT2D eigenvalue weighted by molar-refractivity contribution is 6.10. The summed E-state index contributed by atoms with van der Waals surface area (Å²) in [4.78, 5) is 39.6. The highest BCUT2D eigenvalue weighted by Gasteiger charge is 2.51. The first-order valence-corrected chi connectivity index (χ1v) is 10.5. The Morgan fingerprint density at radius 1 is 0.970 bits per heavy atom. The Bertz CT molecular complexity index is 1350. The number of nitrogens with one attached hydrogen (secondary N) is 2. The maximum absolute atomic E-state index is 13.2. The molecule has 1 saturated heterocycles. The fourth-order valence-electron chi connectivity index (χ4n) is 4.03. The van der Waals surface area contributed by atoms with E-state index in [0.29, 0.717) is 17.0 Å². The van der Waals surface area contributed by atoms with Gasteiger partial charge in [0.15, 0.2) is 5.54 Å². The summed E-state index contributed by atoms with van der Waals surface area (Å²) in [6.45, 7) is 1.16. The summed E-state index contributed by atoms with van der Waals surface area (Å²) in [7, 11) is 0. The molecule has 0 unspecified atom stereocenters. The van der Waals surface area contributed by atoms with Crippen LogP contribution in [0.2, 0.25) is 0 Å². The third-order valence-corrected chi connectivity index (χ3v) is 5.78. The van der Waals surface area contributed by atoms with Gasteiger partial charge in [-0.25, -0.2) is 4.79 Å². The zero-order valence-electron chi connectivity index (χ0n) is 17.9. The molecular formula is C26H21N3O4. The maximum Gasteiger partial charge on any atom is 0.325 e. The van der Waals surface area contributed by atoms with Crippen LogP contribution >= 0.6 is 0 Å². The van der Waals surface area contributed by atoms with E-state index in [1.54, 1.807) is 25.1 Å². The molecule has 5 rings (SSSR count). The second-order valence-corrected chi connectivity index (χ2v) is 8.05. The highest BCUT2D eigenvalue weighted by Crippen LogP contribution is 2.33. The van der Waals surface area contributed by atoms with E-state index in [2.05, 4.69) is 10.6 Å². The molecule has 0 spiro atoms. The van der Waals surface area contributed by atoms with E-state index in [1.807, 2.05) is 66.7 Å². The summed E-state index contributed by atoms with van der Waals surface area (Å²) in [6.07, 6.45) is 0. The Labute approximate surface area is 190 Å². The fraction of sp³-hybridized carbons (Fsp3) is 0.115. The quantitative estimate of drug-likeness (QED) is 0.448. The number of fused-ring (bicyclic) bond motifs is 1. The zero-order chi connectivity index (χ0) is 23.0. The van der Waals surface area contributed by atoms with Gasteiger partial charge in [0, 0.05) is 16.6 Å². The molecule has 4 amide bonds. The number of anilines is 1. The van der Waals surface area contributed by atoms with Crippen LogP contribution in [0.25, 0.3) is 22.1 Å². The van der Waals surface area contributed by atoms with Gasteiger partial charge in [0.1, 0.15) is 17.9 Å². The van der Waals surface area contributed by atoms with Gasteiger partial charge in [-0.2, -0.15) is 0 Å². The number of hydrogen-bond acceptors (Lipinski definition) is 4. The third-order valence-electron chi connectivity index (χ3n) is 5.78. The van der Waals surface area contributed by atoms with E-state index in [0.717, 1.165) is 21.4 Å². The number of benzene rings is 3. The first-order chi connectivity index (χ1) is 16.0. The number of carbonyl (C=O) groups excluding carboxylic acids is 3. The van der Waals surface area contributed by atoms with Crippen LogP contribution in [0.5, 0.6) is 0 Å². The van der Waals surface area contributed by atoms with Crippen molar-refractivity contribution >= 4 is 34.5 Å². The van der Waals surface area contributed by atoms with Crippen LogP contribution in [0.1, 0.15) is 12.7 Å². The van der Waals surface area contributed by atoms with Gasteiger partial charge in [0.05, 0.1) is 0 Å². The van der Waals surface area contributed by atoms with E-state index in [-0.39, 0.29) is 0 Å². The van der Waals surface area contributed by atoms with Crippen LogP contribution in [0, 0.1) is 0 Å². The molecule has 1 fully saturated rings. The molecule has 0 saturated carbocycles. The van der Waals surface area contributed by atoms with Crippen molar-refractivity contribution in [2.75, 3.05) is 11.9 Å². The lowest BCUT2D eigenvalue weighted by Gasteiger charge is -2.19. The molecule has 0 radical (unpaired) electrons. The van der Waals surface area contributed by atoms with E-state index < -0.39 is 29.9 Å². The van der Waals surface area contributed by atoms with Gasteiger partial charge in [-0.05, 0) is 30.7 Å². The number of para-hydroxylation sites is 2. The molecule has 1 aliphatic rings.